The van der Waals surface area contributed by atoms with Crippen LogP contribution in [0.3, 0.4) is 0 Å². The Morgan fingerprint density at radius 1 is 0.577 bits per heavy atom. The average molecular weight is 695 g/mol. The van der Waals surface area contributed by atoms with Crippen molar-refractivity contribution in [2.45, 2.75) is 78.1 Å². The van der Waals surface area contributed by atoms with E-state index in [1.54, 1.807) is 24.3 Å². The summed E-state index contributed by atoms with van der Waals surface area (Å²) in [6.07, 6.45) is 10.5. The Morgan fingerprint density at radius 3 is 1.79 bits per heavy atom. The lowest BCUT2D eigenvalue weighted by atomic mass is 9.93. The van der Waals surface area contributed by atoms with Crippen LogP contribution in [0.4, 0.5) is 0 Å². The molecular weight excluding hydrogens is 649 g/mol. The van der Waals surface area contributed by atoms with Gasteiger partial charge in [0.1, 0.15) is 0 Å². The van der Waals surface area contributed by atoms with Gasteiger partial charge in [0, 0.05) is 56.0 Å². The molecule has 1 saturated heterocycles. The molecule has 2 aliphatic heterocycles. The molecule has 0 spiro atoms. The summed E-state index contributed by atoms with van der Waals surface area (Å²) in [5.41, 5.74) is 13.0. The van der Waals surface area contributed by atoms with Crippen molar-refractivity contribution >= 4 is 34.2 Å². The van der Waals surface area contributed by atoms with Crippen molar-refractivity contribution in [1.82, 2.24) is 20.3 Å². The second kappa shape index (κ2) is 15.2. The minimum atomic E-state index is -0.950. The molecule has 3 aromatic heterocycles. The van der Waals surface area contributed by atoms with Crippen molar-refractivity contribution < 1.29 is 19.8 Å². The molecule has 0 amide bonds. The third-order valence-corrected chi connectivity index (χ3v) is 10.4. The smallest absolute Gasteiger partial charge is 0.335 e. The van der Waals surface area contributed by atoms with Crippen LogP contribution in [-0.4, -0.2) is 37.1 Å². The number of fused-ring (bicyclic) bond motifs is 8. The number of hydrogen-bond acceptors (Lipinski definition) is 3. The van der Waals surface area contributed by atoms with Crippen molar-refractivity contribution in [3.05, 3.63) is 152 Å². The standard InChI is InChI=1S/C44H46N4O4/c1-3-4-5-7-10-32-35-11-8-6-9-12-37(47-35)41(28-13-17-30(18-14-28)43(49)50)38-24-21-33(45-38)27(2)34-22-25-39(46-34)42(40-26-23-36(32)48-40)29-15-19-31(20-16-29)44(51)52/h13-26,45-48H,3-12H2,1-2H3,(H,49,50)(H,51,52). The van der Waals surface area contributed by atoms with Crippen molar-refractivity contribution in [3.63, 3.8) is 0 Å². The number of carbonyl (C=O) groups is 2. The molecule has 5 heterocycles. The molecule has 0 unspecified atom stereocenters. The first-order valence-electron chi connectivity index (χ1n) is 18.5. The van der Waals surface area contributed by atoms with Crippen LogP contribution in [-0.2, 0) is 0 Å². The molecule has 5 aromatic rings. The van der Waals surface area contributed by atoms with Gasteiger partial charge in [0.05, 0.1) is 11.1 Å². The van der Waals surface area contributed by atoms with Crippen LogP contribution in [0.25, 0.3) is 22.3 Å². The molecule has 2 aliphatic rings. The van der Waals surface area contributed by atoms with Gasteiger partial charge < -0.3 is 30.5 Å². The monoisotopic (exact) mass is 694 g/mol. The quantitative estimate of drug-likeness (QED) is 0.0861. The molecule has 0 saturated carbocycles. The summed E-state index contributed by atoms with van der Waals surface area (Å²) < 4.78 is 0. The van der Waals surface area contributed by atoms with Crippen LogP contribution in [0.15, 0.2) is 96.3 Å². The number of aromatic amines is 3. The molecule has 6 N–H and O–H groups in total. The number of rotatable bonds is 9. The SMILES string of the molecule is CCCCCCC1=C2CCCCCC(=C(c3ccc(C(=O)O)cc3)c3ccc([nH]3)C(C)=c3ccc([nH]3)=C(c3ccc(C(=O)O)cc3)c3ccc1[nH]3)N2. The zero-order valence-electron chi connectivity index (χ0n) is 29.9. The van der Waals surface area contributed by atoms with E-state index in [-0.39, 0.29) is 11.1 Å². The number of carboxylic acid groups (broad SMARTS) is 2. The Kier molecular flexibility index (Phi) is 10.2. The molecular formula is C44H46N4O4. The van der Waals surface area contributed by atoms with Crippen molar-refractivity contribution in [1.29, 1.82) is 0 Å². The Morgan fingerprint density at radius 2 is 1.13 bits per heavy atom. The van der Waals surface area contributed by atoms with Gasteiger partial charge in [0.25, 0.3) is 0 Å². The number of benzene rings is 2. The van der Waals surface area contributed by atoms with Gasteiger partial charge in [-0.15, -0.1) is 0 Å². The Bertz CT molecular complexity index is 2290. The minimum Gasteiger partial charge on any atom is -0.478 e. The molecule has 8 heteroatoms. The highest BCUT2D eigenvalue weighted by molar-refractivity contribution is 5.90. The lowest BCUT2D eigenvalue weighted by Crippen LogP contribution is -2.20. The van der Waals surface area contributed by atoms with Gasteiger partial charge in [-0.05, 0) is 128 Å². The molecule has 2 aromatic carbocycles. The predicted molar refractivity (Wildman–Crippen MR) is 206 cm³/mol. The highest BCUT2D eigenvalue weighted by Crippen LogP contribution is 2.35. The summed E-state index contributed by atoms with van der Waals surface area (Å²) in [4.78, 5) is 34.7. The molecule has 266 valence electrons. The summed E-state index contributed by atoms with van der Waals surface area (Å²) in [5, 5.41) is 25.2. The maximum atomic E-state index is 11.8. The Labute approximate surface area is 303 Å². The van der Waals surface area contributed by atoms with Gasteiger partial charge in [0.2, 0.25) is 0 Å². The molecule has 0 atom stereocenters. The highest BCUT2D eigenvalue weighted by atomic mass is 16.4. The summed E-state index contributed by atoms with van der Waals surface area (Å²) in [7, 11) is 0. The van der Waals surface area contributed by atoms with Gasteiger partial charge in [-0.25, -0.2) is 9.59 Å². The van der Waals surface area contributed by atoms with E-state index in [2.05, 4.69) is 70.5 Å². The number of allylic oxidation sites excluding steroid dienone is 3. The number of aromatic nitrogens is 3. The number of H-pyrrole nitrogens is 3. The molecule has 0 radical (unpaired) electrons. The number of unbranched alkanes of at least 4 members (excludes halogenated alkanes) is 3. The van der Waals surface area contributed by atoms with Crippen molar-refractivity contribution in [3.8, 4) is 0 Å². The number of nitrogens with one attached hydrogen (secondary N) is 4. The zero-order valence-corrected chi connectivity index (χ0v) is 29.9. The lowest BCUT2D eigenvalue weighted by molar-refractivity contribution is 0.0686. The van der Waals surface area contributed by atoms with Crippen molar-refractivity contribution in [2.24, 2.45) is 0 Å². The first kappa shape index (κ1) is 34.7. The summed E-state index contributed by atoms with van der Waals surface area (Å²) in [5.74, 6) is -1.89. The number of hydrogen-bond donors (Lipinski definition) is 6. The van der Waals surface area contributed by atoms with E-state index in [1.807, 2.05) is 24.3 Å². The fraction of sp³-hybridized carbons (Fsp3) is 0.273. The minimum absolute atomic E-state index is 0.249. The second-order valence-corrected chi connectivity index (χ2v) is 13.9. The van der Waals surface area contributed by atoms with E-state index >= 15 is 0 Å². The van der Waals surface area contributed by atoms with Crippen molar-refractivity contribution in [2.75, 3.05) is 0 Å². The van der Waals surface area contributed by atoms with E-state index in [4.69, 9.17) is 0 Å². The number of aromatic carboxylic acids is 2. The highest BCUT2D eigenvalue weighted by Gasteiger charge is 2.22. The van der Waals surface area contributed by atoms with Gasteiger partial charge in [-0.1, -0.05) is 56.9 Å². The van der Waals surface area contributed by atoms with Gasteiger partial charge in [0.15, 0.2) is 0 Å². The second-order valence-electron chi connectivity index (χ2n) is 13.9. The van der Waals surface area contributed by atoms with Gasteiger partial charge >= 0.3 is 11.9 Å². The largest absolute Gasteiger partial charge is 0.478 e. The first-order valence-corrected chi connectivity index (χ1v) is 18.5. The molecule has 0 aliphatic carbocycles. The normalized spacial score (nSPS) is 15.0. The molecule has 8 nitrogen and oxygen atoms in total. The predicted octanol–water partition coefficient (Wildman–Crippen LogP) is 8.54. The number of carboxylic acids is 2. The topological polar surface area (TPSA) is 134 Å². The fourth-order valence-corrected chi connectivity index (χ4v) is 7.57. The van der Waals surface area contributed by atoms with Gasteiger partial charge in [-0.2, -0.15) is 0 Å². The van der Waals surface area contributed by atoms with Crippen LogP contribution in [0, 0.1) is 0 Å². The van der Waals surface area contributed by atoms with Gasteiger partial charge in [-0.3, -0.25) is 0 Å². The maximum Gasteiger partial charge on any atom is 0.335 e. The Balaban J connectivity index is 1.50. The molecule has 8 bridgehead atoms. The summed E-state index contributed by atoms with van der Waals surface area (Å²) in [6.45, 7) is 4.33. The third-order valence-electron chi connectivity index (χ3n) is 10.4. The van der Waals surface area contributed by atoms with E-state index in [9.17, 15) is 19.8 Å². The summed E-state index contributed by atoms with van der Waals surface area (Å²) >= 11 is 0. The first-order chi connectivity index (χ1) is 25.3. The lowest BCUT2D eigenvalue weighted by Gasteiger charge is -2.25. The van der Waals surface area contributed by atoms with Crippen LogP contribution in [0.1, 0.15) is 133 Å². The fourth-order valence-electron chi connectivity index (χ4n) is 7.57. The molecule has 52 heavy (non-hydrogen) atoms. The van der Waals surface area contributed by atoms with Crippen LogP contribution in [0.2, 0.25) is 0 Å². The van der Waals surface area contributed by atoms with E-state index in [0.29, 0.717) is 0 Å². The van der Waals surface area contributed by atoms with Crippen LogP contribution >= 0.6 is 0 Å². The third kappa shape index (κ3) is 7.19. The molecule has 1 fully saturated rings. The van der Waals surface area contributed by atoms with E-state index < -0.39 is 11.9 Å². The zero-order chi connectivity index (χ0) is 36.2. The van der Waals surface area contributed by atoms with Crippen LogP contribution < -0.4 is 16.0 Å². The maximum absolute atomic E-state index is 11.8. The Hall–Kier alpha value is -5.76. The molecule has 7 rings (SSSR count). The van der Waals surface area contributed by atoms with Crippen LogP contribution in [0.5, 0.6) is 0 Å². The van der Waals surface area contributed by atoms with E-state index in [0.717, 1.165) is 118 Å². The van der Waals surface area contributed by atoms with E-state index in [1.165, 1.54) is 24.1 Å². The average Bonchev–Trinajstić information content (AvgIpc) is 3.92. The summed E-state index contributed by atoms with van der Waals surface area (Å²) in [6, 6.07) is 27.1.